The van der Waals surface area contributed by atoms with Gasteiger partial charge >= 0.3 is 0 Å². The van der Waals surface area contributed by atoms with Crippen LogP contribution in [0.3, 0.4) is 0 Å². The molecule has 1 aliphatic rings. The monoisotopic (exact) mass is 211 g/mol. The number of ether oxygens (including phenoxy) is 1. The van der Waals surface area contributed by atoms with Gasteiger partial charge in [0.15, 0.2) is 0 Å². The number of aliphatic hydroxyl groups is 1. The van der Waals surface area contributed by atoms with E-state index in [0.717, 1.165) is 18.9 Å². The van der Waals surface area contributed by atoms with Gasteiger partial charge in [0, 0.05) is 26.0 Å². The Hall–Kier alpha value is -0.940. The minimum absolute atomic E-state index is 0.147. The summed E-state index contributed by atoms with van der Waals surface area (Å²) in [5.41, 5.74) is 0. The molecule has 0 amide bonds. The van der Waals surface area contributed by atoms with Gasteiger partial charge in [0.05, 0.1) is 12.2 Å². The Labute approximate surface area is 89.1 Å². The third-order valence-electron chi connectivity index (χ3n) is 3.13. The van der Waals surface area contributed by atoms with Crippen LogP contribution >= 0.6 is 0 Å². The normalized spacial score (nSPS) is 28.2. The maximum Gasteiger partial charge on any atom is 0.138 e. The minimum Gasteiger partial charge on any atom is -0.392 e. The summed E-state index contributed by atoms with van der Waals surface area (Å²) in [6.45, 7) is 2.76. The molecule has 2 heterocycles. The number of hydrogen-bond acceptors (Lipinski definition) is 4. The molecule has 0 spiro atoms. The summed E-state index contributed by atoms with van der Waals surface area (Å²) < 4.78 is 7.13. The zero-order chi connectivity index (χ0) is 10.8. The molecular weight excluding hydrogens is 194 g/mol. The van der Waals surface area contributed by atoms with Crippen LogP contribution in [0.5, 0.6) is 0 Å². The molecule has 3 atom stereocenters. The summed E-state index contributed by atoms with van der Waals surface area (Å²) in [7, 11) is 1.84. The lowest BCUT2D eigenvalue weighted by Crippen LogP contribution is -2.29. The molecule has 0 aliphatic carbocycles. The maximum absolute atomic E-state index is 10.1. The number of aliphatic hydroxyl groups excluding tert-OH is 1. The van der Waals surface area contributed by atoms with Crippen molar-refractivity contribution in [1.29, 1.82) is 0 Å². The molecule has 0 bridgehead atoms. The lowest BCUT2D eigenvalue weighted by atomic mass is 9.93. The lowest BCUT2D eigenvalue weighted by molar-refractivity contribution is 0.0427. The second-order valence-corrected chi connectivity index (χ2v) is 4.10. The van der Waals surface area contributed by atoms with E-state index in [2.05, 4.69) is 10.1 Å². The van der Waals surface area contributed by atoms with Crippen molar-refractivity contribution in [3.8, 4) is 0 Å². The number of nitrogens with zero attached hydrogens (tertiary/aromatic N) is 3. The van der Waals surface area contributed by atoms with Crippen LogP contribution in [-0.4, -0.2) is 38.7 Å². The van der Waals surface area contributed by atoms with Crippen LogP contribution < -0.4 is 0 Å². The second kappa shape index (κ2) is 4.28. The van der Waals surface area contributed by atoms with E-state index in [1.54, 1.807) is 4.68 Å². The zero-order valence-corrected chi connectivity index (χ0v) is 9.13. The zero-order valence-electron chi connectivity index (χ0n) is 9.13. The molecule has 1 saturated heterocycles. The van der Waals surface area contributed by atoms with E-state index in [1.807, 2.05) is 14.0 Å². The number of aromatic nitrogens is 3. The van der Waals surface area contributed by atoms with Crippen LogP contribution in [0.2, 0.25) is 0 Å². The predicted molar refractivity (Wildman–Crippen MR) is 54.2 cm³/mol. The first-order valence-electron chi connectivity index (χ1n) is 5.31. The van der Waals surface area contributed by atoms with Gasteiger partial charge in [0.2, 0.25) is 0 Å². The Kier molecular flexibility index (Phi) is 3.02. The van der Waals surface area contributed by atoms with Crippen LogP contribution in [0.1, 0.15) is 19.2 Å². The SMILES string of the molecule is CC1OCCC1C(O)Cc1ncnn1C. The van der Waals surface area contributed by atoms with E-state index >= 15 is 0 Å². The highest BCUT2D eigenvalue weighted by Gasteiger charge is 2.31. The molecule has 0 saturated carbocycles. The molecule has 2 rings (SSSR count). The van der Waals surface area contributed by atoms with E-state index in [0.29, 0.717) is 6.42 Å². The molecule has 1 aromatic heterocycles. The Morgan fingerprint density at radius 1 is 1.73 bits per heavy atom. The van der Waals surface area contributed by atoms with Gasteiger partial charge in [-0.05, 0) is 13.3 Å². The molecule has 1 aliphatic heterocycles. The van der Waals surface area contributed by atoms with Crippen molar-refractivity contribution in [2.45, 2.75) is 32.0 Å². The average molecular weight is 211 g/mol. The van der Waals surface area contributed by atoms with Gasteiger partial charge in [0.25, 0.3) is 0 Å². The van der Waals surface area contributed by atoms with Gasteiger partial charge in [0.1, 0.15) is 12.2 Å². The summed E-state index contributed by atoms with van der Waals surface area (Å²) in [5, 5.41) is 14.0. The molecular formula is C10H17N3O2. The van der Waals surface area contributed by atoms with E-state index in [1.165, 1.54) is 6.33 Å². The van der Waals surface area contributed by atoms with Gasteiger partial charge in [-0.25, -0.2) is 4.98 Å². The summed E-state index contributed by atoms with van der Waals surface area (Å²) in [6.07, 6.45) is 2.75. The van der Waals surface area contributed by atoms with Gasteiger partial charge in [-0.15, -0.1) is 0 Å². The predicted octanol–water partition coefficient (Wildman–Crippen LogP) is 0.143. The van der Waals surface area contributed by atoms with E-state index < -0.39 is 0 Å². The van der Waals surface area contributed by atoms with Gasteiger partial charge in [-0.2, -0.15) is 5.10 Å². The Morgan fingerprint density at radius 2 is 2.53 bits per heavy atom. The molecule has 5 nitrogen and oxygen atoms in total. The highest BCUT2D eigenvalue weighted by Crippen LogP contribution is 2.25. The Bertz CT molecular complexity index is 326. The largest absolute Gasteiger partial charge is 0.392 e. The highest BCUT2D eigenvalue weighted by atomic mass is 16.5. The van der Waals surface area contributed by atoms with Crippen molar-refractivity contribution < 1.29 is 9.84 Å². The first-order valence-corrected chi connectivity index (χ1v) is 5.31. The summed E-state index contributed by atoms with van der Waals surface area (Å²) in [5.74, 6) is 1.04. The number of hydrogen-bond donors (Lipinski definition) is 1. The van der Waals surface area contributed by atoms with Crippen molar-refractivity contribution in [2.24, 2.45) is 13.0 Å². The van der Waals surface area contributed by atoms with Crippen LogP contribution in [0.25, 0.3) is 0 Å². The summed E-state index contributed by atoms with van der Waals surface area (Å²) >= 11 is 0. The van der Waals surface area contributed by atoms with Gasteiger partial charge in [-0.3, -0.25) is 4.68 Å². The quantitative estimate of drug-likeness (QED) is 0.772. The number of rotatable bonds is 3. The second-order valence-electron chi connectivity index (χ2n) is 4.10. The van der Waals surface area contributed by atoms with Crippen molar-refractivity contribution in [3.63, 3.8) is 0 Å². The summed E-state index contributed by atoms with van der Waals surface area (Å²) in [6, 6.07) is 0. The minimum atomic E-state index is -0.384. The molecule has 1 N–H and O–H groups in total. The lowest BCUT2D eigenvalue weighted by Gasteiger charge is -2.20. The van der Waals surface area contributed by atoms with Crippen molar-refractivity contribution >= 4 is 0 Å². The Morgan fingerprint density at radius 3 is 3.07 bits per heavy atom. The average Bonchev–Trinajstić information content (AvgIpc) is 2.76. The fourth-order valence-electron chi connectivity index (χ4n) is 2.10. The maximum atomic E-state index is 10.1. The Balaban J connectivity index is 1.97. The van der Waals surface area contributed by atoms with Crippen LogP contribution in [0.4, 0.5) is 0 Å². The van der Waals surface area contributed by atoms with Crippen LogP contribution in [0.15, 0.2) is 6.33 Å². The first kappa shape index (κ1) is 10.6. The summed E-state index contributed by atoms with van der Waals surface area (Å²) in [4.78, 5) is 4.10. The van der Waals surface area contributed by atoms with Gasteiger partial charge < -0.3 is 9.84 Å². The molecule has 0 radical (unpaired) electrons. The molecule has 0 aromatic carbocycles. The van der Waals surface area contributed by atoms with E-state index in [4.69, 9.17) is 4.74 Å². The molecule has 15 heavy (non-hydrogen) atoms. The third-order valence-corrected chi connectivity index (χ3v) is 3.13. The fraction of sp³-hybridized carbons (Fsp3) is 0.800. The third kappa shape index (κ3) is 2.18. The molecule has 1 aromatic rings. The van der Waals surface area contributed by atoms with Crippen LogP contribution in [-0.2, 0) is 18.2 Å². The highest BCUT2D eigenvalue weighted by molar-refractivity contribution is 4.90. The van der Waals surface area contributed by atoms with E-state index in [9.17, 15) is 5.11 Å². The molecule has 3 unspecified atom stereocenters. The first-order chi connectivity index (χ1) is 7.18. The molecule has 5 heteroatoms. The number of aryl methyl sites for hydroxylation is 1. The van der Waals surface area contributed by atoms with Crippen molar-refractivity contribution in [3.05, 3.63) is 12.2 Å². The smallest absolute Gasteiger partial charge is 0.138 e. The van der Waals surface area contributed by atoms with Gasteiger partial charge in [-0.1, -0.05) is 0 Å². The van der Waals surface area contributed by atoms with E-state index in [-0.39, 0.29) is 18.1 Å². The molecule has 84 valence electrons. The standard InChI is InChI=1S/C10H17N3O2/c1-7-8(3-4-15-7)9(14)5-10-11-6-12-13(10)2/h6-9,14H,3-5H2,1-2H3. The topological polar surface area (TPSA) is 60.2 Å². The van der Waals surface area contributed by atoms with Crippen molar-refractivity contribution in [2.75, 3.05) is 6.61 Å². The fourth-order valence-corrected chi connectivity index (χ4v) is 2.10. The van der Waals surface area contributed by atoms with Crippen LogP contribution in [0, 0.1) is 5.92 Å². The van der Waals surface area contributed by atoms with Crippen molar-refractivity contribution in [1.82, 2.24) is 14.8 Å². The molecule has 1 fully saturated rings.